The van der Waals surface area contributed by atoms with E-state index in [2.05, 4.69) is 15.9 Å². The van der Waals surface area contributed by atoms with Crippen molar-refractivity contribution in [2.45, 2.75) is 13.5 Å². The lowest BCUT2D eigenvalue weighted by atomic mass is 10.1. The fourth-order valence-corrected chi connectivity index (χ4v) is 2.81. The molecule has 110 valence electrons. The number of benzene rings is 2. The minimum atomic E-state index is -0.0937. The van der Waals surface area contributed by atoms with Crippen LogP contribution >= 0.6 is 39.1 Å². The van der Waals surface area contributed by atoms with Crippen LogP contribution in [0.1, 0.15) is 22.8 Å². The lowest BCUT2D eigenvalue weighted by Gasteiger charge is -2.22. The van der Waals surface area contributed by atoms with Crippen LogP contribution in [0.4, 0.5) is 0 Å². The predicted octanol–water partition coefficient (Wildman–Crippen LogP) is 5.42. The summed E-state index contributed by atoms with van der Waals surface area (Å²) < 4.78 is 0.717. The molecule has 0 fully saturated rings. The maximum atomic E-state index is 12.6. The molecule has 2 nitrogen and oxygen atoms in total. The SMILES string of the molecule is CCN(Cc1cccc(Cl)c1)C(=O)c1cccc(Br)c1Cl. The molecular formula is C16H14BrCl2NO. The smallest absolute Gasteiger partial charge is 0.255 e. The monoisotopic (exact) mass is 385 g/mol. The first-order valence-electron chi connectivity index (χ1n) is 6.50. The average Bonchev–Trinajstić information content (AvgIpc) is 2.47. The van der Waals surface area contributed by atoms with Gasteiger partial charge in [0.2, 0.25) is 0 Å². The second-order valence-electron chi connectivity index (χ2n) is 4.55. The van der Waals surface area contributed by atoms with Gasteiger partial charge in [-0.15, -0.1) is 0 Å². The Labute approximate surface area is 142 Å². The highest BCUT2D eigenvalue weighted by Gasteiger charge is 2.18. The molecule has 0 saturated heterocycles. The topological polar surface area (TPSA) is 20.3 Å². The van der Waals surface area contributed by atoms with Crippen molar-refractivity contribution in [3.63, 3.8) is 0 Å². The summed E-state index contributed by atoms with van der Waals surface area (Å²) in [5.41, 5.74) is 1.48. The van der Waals surface area contributed by atoms with E-state index in [4.69, 9.17) is 23.2 Å². The maximum absolute atomic E-state index is 12.6. The summed E-state index contributed by atoms with van der Waals surface area (Å²) in [5.74, 6) is -0.0937. The van der Waals surface area contributed by atoms with Gasteiger partial charge in [0.15, 0.2) is 0 Å². The predicted molar refractivity (Wildman–Crippen MR) is 91.0 cm³/mol. The van der Waals surface area contributed by atoms with Crippen molar-refractivity contribution >= 4 is 45.0 Å². The lowest BCUT2D eigenvalue weighted by molar-refractivity contribution is 0.0752. The van der Waals surface area contributed by atoms with E-state index in [0.717, 1.165) is 5.56 Å². The summed E-state index contributed by atoms with van der Waals surface area (Å²) in [6, 6.07) is 12.8. The van der Waals surface area contributed by atoms with Gasteiger partial charge in [-0.05, 0) is 52.7 Å². The quantitative estimate of drug-likeness (QED) is 0.687. The number of carbonyl (C=O) groups excluding carboxylic acids is 1. The maximum Gasteiger partial charge on any atom is 0.255 e. The minimum absolute atomic E-state index is 0.0937. The lowest BCUT2D eigenvalue weighted by Crippen LogP contribution is -2.30. The largest absolute Gasteiger partial charge is 0.335 e. The summed E-state index contributed by atoms with van der Waals surface area (Å²) in [6.45, 7) is 3.03. The van der Waals surface area contributed by atoms with Crippen LogP contribution in [0.15, 0.2) is 46.9 Å². The van der Waals surface area contributed by atoms with Crippen molar-refractivity contribution in [1.82, 2.24) is 4.90 Å². The number of halogens is 3. The summed E-state index contributed by atoms with van der Waals surface area (Å²) in [4.78, 5) is 14.4. The molecule has 0 atom stereocenters. The molecule has 21 heavy (non-hydrogen) atoms. The third kappa shape index (κ3) is 4.00. The highest BCUT2D eigenvalue weighted by atomic mass is 79.9. The van der Waals surface area contributed by atoms with E-state index in [1.165, 1.54) is 0 Å². The second kappa shape index (κ2) is 7.30. The summed E-state index contributed by atoms with van der Waals surface area (Å²) >= 11 is 15.5. The van der Waals surface area contributed by atoms with Crippen molar-refractivity contribution < 1.29 is 4.79 Å². The van der Waals surface area contributed by atoms with Gasteiger partial charge in [-0.25, -0.2) is 0 Å². The Bertz CT molecular complexity index is 660. The molecule has 0 aliphatic carbocycles. The van der Waals surface area contributed by atoms with Gasteiger partial charge in [0, 0.05) is 22.6 Å². The molecular weight excluding hydrogens is 373 g/mol. The van der Waals surface area contributed by atoms with Crippen LogP contribution < -0.4 is 0 Å². The zero-order chi connectivity index (χ0) is 15.4. The molecule has 2 aromatic carbocycles. The highest BCUT2D eigenvalue weighted by molar-refractivity contribution is 9.10. The van der Waals surface area contributed by atoms with Crippen LogP contribution in [0.3, 0.4) is 0 Å². The minimum Gasteiger partial charge on any atom is -0.335 e. The first-order chi connectivity index (χ1) is 10.0. The average molecular weight is 387 g/mol. The van der Waals surface area contributed by atoms with E-state index >= 15 is 0 Å². The number of nitrogens with zero attached hydrogens (tertiary/aromatic N) is 1. The molecule has 5 heteroatoms. The third-order valence-electron chi connectivity index (χ3n) is 3.11. The van der Waals surface area contributed by atoms with Crippen LogP contribution in [0.2, 0.25) is 10.0 Å². The molecule has 0 aliphatic rings. The van der Waals surface area contributed by atoms with E-state index in [0.29, 0.717) is 33.2 Å². The zero-order valence-corrected chi connectivity index (χ0v) is 14.5. The van der Waals surface area contributed by atoms with Crippen LogP contribution in [-0.4, -0.2) is 17.4 Å². The van der Waals surface area contributed by atoms with Gasteiger partial charge in [-0.2, -0.15) is 0 Å². The van der Waals surface area contributed by atoms with Crippen LogP contribution in [0.5, 0.6) is 0 Å². The molecule has 1 amide bonds. The fourth-order valence-electron chi connectivity index (χ4n) is 2.02. The molecule has 0 unspecified atom stereocenters. The van der Waals surface area contributed by atoms with Crippen LogP contribution in [0, 0.1) is 0 Å². The molecule has 2 aromatic rings. The summed E-state index contributed by atoms with van der Waals surface area (Å²) in [6.07, 6.45) is 0. The molecule has 0 bridgehead atoms. The van der Waals surface area contributed by atoms with E-state index in [1.54, 1.807) is 17.0 Å². The summed E-state index contributed by atoms with van der Waals surface area (Å²) in [5, 5.41) is 1.10. The van der Waals surface area contributed by atoms with Crippen LogP contribution in [-0.2, 0) is 6.54 Å². The van der Waals surface area contributed by atoms with Crippen LogP contribution in [0.25, 0.3) is 0 Å². The Kier molecular flexibility index (Phi) is 5.68. The van der Waals surface area contributed by atoms with Crippen molar-refractivity contribution in [3.8, 4) is 0 Å². The fraction of sp³-hybridized carbons (Fsp3) is 0.188. The van der Waals surface area contributed by atoms with Gasteiger partial charge in [-0.1, -0.05) is 41.4 Å². The van der Waals surface area contributed by atoms with Crippen molar-refractivity contribution in [2.24, 2.45) is 0 Å². The zero-order valence-electron chi connectivity index (χ0n) is 11.4. The number of rotatable bonds is 4. The number of amides is 1. The van der Waals surface area contributed by atoms with E-state index in [1.807, 2.05) is 37.3 Å². The second-order valence-corrected chi connectivity index (χ2v) is 6.22. The van der Waals surface area contributed by atoms with Gasteiger partial charge in [0.1, 0.15) is 0 Å². The standard InChI is InChI=1S/C16H14BrCl2NO/c1-2-20(10-11-5-3-6-12(18)9-11)16(21)13-7-4-8-14(17)15(13)19/h3-9H,2,10H2,1H3. The molecule has 0 aromatic heterocycles. The first-order valence-corrected chi connectivity index (χ1v) is 8.05. The van der Waals surface area contributed by atoms with Gasteiger partial charge in [-0.3, -0.25) is 4.79 Å². The molecule has 0 saturated carbocycles. The molecule has 0 N–H and O–H groups in total. The van der Waals surface area contributed by atoms with Crippen molar-refractivity contribution in [3.05, 3.63) is 68.1 Å². The Balaban J connectivity index is 2.25. The van der Waals surface area contributed by atoms with E-state index in [-0.39, 0.29) is 5.91 Å². The molecule has 0 aliphatic heterocycles. The van der Waals surface area contributed by atoms with E-state index < -0.39 is 0 Å². The van der Waals surface area contributed by atoms with Crippen molar-refractivity contribution in [2.75, 3.05) is 6.54 Å². The third-order valence-corrected chi connectivity index (χ3v) is 4.64. The Morgan fingerprint density at radius 1 is 1.19 bits per heavy atom. The number of hydrogen-bond donors (Lipinski definition) is 0. The molecule has 0 heterocycles. The van der Waals surface area contributed by atoms with Gasteiger partial charge in [0.05, 0.1) is 10.6 Å². The Morgan fingerprint density at radius 2 is 1.90 bits per heavy atom. The first kappa shape index (κ1) is 16.3. The number of hydrogen-bond acceptors (Lipinski definition) is 1. The Hall–Kier alpha value is -1.03. The van der Waals surface area contributed by atoms with Gasteiger partial charge >= 0.3 is 0 Å². The highest BCUT2D eigenvalue weighted by Crippen LogP contribution is 2.27. The number of carbonyl (C=O) groups is 1. The summed E-state index contributed by atoms with van der Waals surface area (Å²) in [7, 11) is 0. The normalized spacial score (nSPS) is 10.5. The molecule has 0 spiro atoms. The Morgan fingerprint density at radius 3 is 2.57 bits per heavy atom. The van der Waals surface area contributed by atoms with Crippen molar-refractivity contribution in [1.29, 1.82) is 0 Å². The molecule has 0 radical (unpaired) electrons. The van der Waals surface area contributed by atoms with Gasteiger partial charge < -0.3 is 4.90 Å². The van der Waals surface area contributed by atoms with E-state index in [9.17, 15) is 4.79 Å². The molecule has 2 rings (SSSR count). The van der Waals surface area contributed by atoms with Gasteiger partial charge in [0.25, 0.3) is 5.91 Å².